The van der Waals surface area contributed by atoms with Gasteiger partial charge in [-0.3, -0.25) is 10.3 Å². The quantitative estimate of drug-likeness (QED) is 0.590. The van der Waals surface area contributed by atoms with Gasteiger partial charge in [0, 0.05) is 18.6 Å². The van der Waals surface area contributed by atoms with Gasteiger partial charge in [0.1, 0.15) is 6.67 Å². The molecule has 2 heterocycles. The first kappa shape index (κ1) is 6.22. The fourth-order valence-corrected chi connectivity index (χ4v) is 1.00. The summed E-state index contributed by atoms with van der Waals surface area (Å²) in [6, 6.07) is 3.93. The SMILES string of the molecule is C1=CN(c2cccnc2)C[N]1. The Hall–Kier alpha value is -1.51. The van der Waals surface area contributed by atoms with Gasteiger partial charge >= 0.3 is 0 Å². The highest BCUT2D eigenvalue weighted by atomic mass is 15.2. The molecule has 1 aromatic rings. The van der Waals surface area contributed by atoms with E-state index in [-0.39, 0.29) is 0 Å². The fourth-order valence-electron chi connectivity index (χ4n) is 1.00. The fraction of sp³-hybridized carbons (Fsp3) is 0.125. The van der Waals surface area contributed by atoms with Crippen LogP contribution in [0.5, 0.6) is 0 Å². The Kier molecular flexibility index (Phi) is 1.48. The molecule has 0 fully saturated rings. The Morgan fingerprint density at radius 1 is 1.45 bits per heavy atom. The van der Waals surface area contributed by atoms with Crippen molar-refractivity contribution in [2.75, 3.05) is 11.6 Å². The van der Waals surface area contributed by atoms with E-state index >= 15 is 0 Å². The molecule has 0 bridgehead atoms. The Bertz CT molecular complexity index is 255. The van der Waals surface area contributed by atoms with Crippen LogP contribution in [0.25, 0.3) is 0 Å². The summed E-state index contributed by atoms with van der Waals surface area (Å²) in [5, 5.41) is 4.06. The molecule has 0 spiro atoms. The third-order valence-electron chi connectivity index (χ3n) is 1.56. The van der Waals surface area contributed by atoms with Gasteiger partial charge in [-0.05, 0) is 12.1 Å². The number of aromatic nitrogens is 1. The third-order valence-corrected chi connectivity index (χ3v) is 1.56. The molecular weight excluding hydrogens is 138 g/mol. The molecule has 0 N–H and O–H groups in total. The van der Waals surface area contributed by atoms with Gasteiger partial charge in [-0.2, -0.15) is 0 Å². The number of rotatable bonds is 1. The van der Waals surface area contributed by atoms with Crippen molar-refractivity contribution in [1.29, 1.82) is 0 Å². The van der Waals surface area contributed by atoms with Crippen molar-refractivity contribution in [2.45, 2.75) is 0 Å². The molecule has 0 unspecified atom stereocenters. The maximum absolute atomic E-state index is 4.06. The van der Waals surface area contributed by atoms with Gasteiger partial charge < -0.3 is 4.90 Å². The van der Waals surface area contributed by atoms with Crippen LogP contribution in [0.1, 0.15) is 0 Å². The Morgan fingerprint density at radius 3 is 3.09 bits per heavy atom. The van der Waals surface area contributed by atoms with E-state index in [4.69, 9.17) is 0 Å². The summed E-state index contributed by atoms with van der Waals surface area (Å²) in [5.74, 6) is 0. The largest absolute Gasteiger partial charge is 0.325 e. The van der Waals surface area contributed by atoms with Crippen molar-refractivity contribution in [1.82, 2.24) is 10.3 Å². The summed E-state index contributed by atoms with van der Waals surface area (Å²) < 4.78 is 0. The van der Waals surface area contributed by atoms with Crippen molar-refractivity contribution in [2.24, 2.45) is 0 Å². The van der Waals surface area contributed by atoms with Crippen LogP contribution in [0.3, 0.4) is 0 Å². The molecule has 3 nitrogen and oxygen atoms in total. The lowest BCUT2D eigenvalue weighted by molar-refractivity contribution is 0.884. The summed E-state index contributed by atoms with van der Waals surface area (Å²) in [6.45, 7) is 0.714. The zero-order valence-corrected chi connectivity index (χ0v) is 6.01. The van der Waals surface area contributed by atoms with E-state index in [1.54, 1.807) is 12.4 Å². The maximum atomic E-state index is 4.06. The molecule has 0 atom stereocenters. The number of hydrogen-bond donors (Lipinski definition) is 0. The van der Waals surface area contributed by atoms with Crippen LogP contribution in [-0.2, 0) is 0 Å². The average molecular weight is 146 g/mol. The Labute approximate surface area is 65.4 Å². The van der Waals surface area contributed by atoms with Gasteiger partial charge in [0.05, 0.1) is 11.9 Å². The van der Waals surface area contributed by atoms with Crippen molar-refractivity contribution in [3.8, 4) is 0 Å². The second-order valence-electron chi connectivity index (χ2n) is 2.30. The first-order valence-electron chi connectivity index (χ1n) is 3.47. The van der Waals surface area contributed by atoms with Crippen molar-refractivity contribution >= 4 is 5.69 Å². The van der Waals surface area contributed by atoms with Crippen LogP contribution in [0.15, 0.2) is 36.9 Å². The molecule has 11 heavy (non-hydrogen) atoms. The van der Waals surface area contributed by atoms with Crippen LogP contribution in [-0.4, -0.2) is 11.7 Å². The van der Waals surface area contributed by atoms with E-state index in [0.717, 1.165) is 5.69 Å². The van der Waals surface area contributed by atoms with Crippen LogP contribution >= 0.6 is 0 Å². The summed E-state index contributed by atoms with van der Waals surface area (Å²) in [4.78, 5) is 6.05. The molecular formula is C8H8N3. The van der Waals surface area contributed by atoms with Crippen LogP contribution in [0.4, 0.5) is 5.69 Å². The topological polar surface area (TPSA) is 30.2 Å². The van der Waals surface area contributed by atoms with Crippen molar-refractivity contribution < 1.29 is 0 Å². The minimum Gasteiger partial charge on any atom is -0.325 e. The summed E-state index contributed by atoms with van der Waals surface area (Å²) in [7, 11) is 0. The normalized spacial score (nSPS) is 15.1. The molecule has 1 aromatic heterocycles. The minimum absolute atomic E-state index is 0.714. The van der Waals surface area contributed by atoms with E-state index in [1.165, 1.54) is 0 Å². The highest BCUT2D eigenvalue weighted by molar-refractivity contribution is 5.47. The predicted molar refractivity (Wildman–Crippen MR) is 42.9 cm³/mol. The molecule has 1 aliphatic heterocycles. The highest BCUT2D eigenvalue weighted by Crippen LogP contribution is 2.12. The smallest absolute Gasteiger partial charge is 0.114 e. The van der Waals surface area contributed by atoms with E-state index < -0.39 is 0 Å². The highest BCUT2D eigenvalue weighted by Gasteiger charge is 2.05. The molecule has 1 aliphatic rings. The van der Waals surface area contributed by atoms with E-state index in [0.29, 0.717) is 6.67 Å². The maximum Gasteiger partial charge on any atom is 0.114 e. The average Bonchev–Trinajstić information content (AvgIpc) is 2.58. The second-order valence-corrected chi connectivity index (χ2v) is 2.30. The molecule has 0 aromatic carbocycles. The van der Waals surface area contributed by atoms with Gasteiger partial charge in [-0.1, -0.05) is 0 Å². The Balaban J connectivity index is 2.23. The first-order chi connectivity index (χ1) is 5.47. The third kappa shape index (κ3) is 1.17. The van der Waals surface area contributed by atoms with Gasteiger partial charge in [0.15, 0.2) is 0 Å². The minimum atomic E-state index is 0.714. The molecule has 0 saturated heterocycles. The monoisotopic (exact) mass is 146 g/mol. The zero-order valence-electron chi connectivity index (χ0n) is 6.01. The van der Waals surface area contributed by atoms with Crippen LogP contribution in [0.2, 0.25) is 0 Å². The standard InChI is InChI=1S/C8H8N3/c1-2-8(6-9-3-1)11-5-4-10-7-11/h1-6H,7H2. The van der Waals surface area contributed by atoms with E-state index in [9.17, 15) is 0 Å². The lowest BCUT2D eigenvalue weighted by atomic mass is 10.4. The van der Waals surface area contributed by atoms with Crippen molar-refractivity contribution in [3.05, 3.63) is 36.9 Å². The summed E-state index contributed by atoms with van der Waals surface area (Å²) >= 11 is 0. The lowest BCUT2D eigenvalue weighted by Gasteiger charge is -2.12. The molecule has 0 amide bonds. The number of hydrogen-bond acceptors (Lipinski definition) is 2. The van der Waals surface area contributed by atoms with Gasteiger partial charge in [0.2, 0.25) is 0 Å². The van der Waals surface area contributed by atoms with Crippen LogP contribution in [0, 0.1) is 0 Å². The molecule has 1 radical (unpaired) electrons. The molecule has 0 aliphatic carbocycles. The molecule has 2 rings (SSSR count). The van der Waals surface area contributed by atoms with Crippen LogP contribution < -0.4 is 10.2 Å². The second kappa shape index (κ2) is 2.62. The summed E-state index contributed by atoms with van der Waals surface area (Å²) in [5.41, 5.74) is 1.09. The van der Waals surface area contributed by atoms with Crippen molar-refractivity contribution in [3.63, 3.8) is 0 Å². The summed E-state index contributed by atoms with van der Waals surface area (Å²) in [6.07, 6.45) is 7.33. The van der Waals surface area contributed by atoms with Gasteiger partial charge in [0.25, 0.3) is 0 Å². The zero-order chi connectivity index (χ0) is 7.52. The first-order valence-corrected chi connectivity index (χ1v) is 3.47. The molecule has 0 saturated carbocycles. The Morgan fingerprint density at radius 2 is 2.45 bits per heavy atom. The number of pyridine rings is 1. The lowest BCUT2D eigenvalue weighted by Crippen LogP contribution is -2.16. The number of anilines is 1. The predicted octanol–water partition coefficient (Wildman–Crippen LogP) is 0.935. The van der Waals surface area contributed by atoms with Gasteiger partial charge in [-0.25, -0.2) is 0 Å². The van der Waals surface area contributed by atoms with E-state index in [2.05, 4.69) is 10.3 Å². The van der Waals surface area contributed by atoms with E-state index in [1.807, 2.05) is 29.4 Å². The molecule has 3 heteroatoms. The molecule has 55 valence electrons. The van der Waals surface area contributed by atoms with Gasteiger partial charge in [-0.15, -0.1) is 0 Å². The number of nitrogens with zero attached hydrogens (tertiary/aromatic N) is 3.